The van der Waals surface area contributed by atoms with Crippen molar-refractivity contribution < 1.29 is 27.5 Å². The van der Waals surface area contributed by atoms with Crippen molar-refractivity contribution in [2.24, 2.45) is 5.92 Å². The summed E-state index contributed by atoms with van der Waals surface area (Å²) in [4.78, 5) is 31.1. The van der Waals surface area contributed by atoms with Crippen LogP contribution < -0.4 is 10.8 Å². The van der Waals surface area contributed by atoms with Gasteiger partial charge in [0.25, 0.3) is 5.91 Å². The molecule has 5 atom stereocenters. The van der Waals surface area contributed by atoms with Gasteiger partial charge in [-0.05, 0) is 31.7 Å². The first-order valence-electron chi connectivity index (χ1n) is 8.08. The Morgan fingerprint density at radius 1 is 1.48 bits per heavy atom. The number of fused-ring (bicyclic) bond motifs is 2. The average molecular weight is 396 g/mol. The van der Waals surface area contributed by atoms with Crippen molar-refractivity contribution in [1.82, 2.24) is 20.8 Å². The minimum atomic E-state index is -2.83. The second-order valence-electron chi connectivity index (χ2n) is 6.42. The smallest absolute Gasteiger partial charge is 0.346 e. The molecule has 3 fully saturated rings. The first kappa shape index (κ1) is 18.8. The highest BCUT2D eigenvalue weighted by Crippen LogP contribution is 2.30. The number of halogens is 1. The highest BCUT2D eigenvalue weighted by Gasteiger charge is 2.48. The van der Waals surface area contributed by atoms with Crippen molar-refractivity contribution in [3.63, 3.8) is 0 Å². The molecular formula is C13H20ClN4O6S-. The van der Waals surface area contributed by atoms with Crippen LogP contribution in [0, 0.1) is 5.92 Å². The van der Waals surface area contributed by atoms with E-state index in [1.807, 2.05) is 0 Å². The largest absolute Gasteiger partial charge is 0.748 e. The van der Waals surface area contributed by atoms with Gasteiger partial charge < -0.3 is 14.8 Å². The third-order valence-electron chi connectivity index (χ3n) is 4.76. The molecule has 10 nitrogen and oxygen atoms in total. The van der Waals surface area contributed by atoms with Gasteiger partial charge in [0, 0.05) is 18.5 Å². The maximum atomic E-state index is 12.3. The van der Waals surface area contributed by atoms with E-state index in [-0.39, 0.29) is 18.6 Å². The number of nitrogens with one attached hydrogen (secondary N) is 2. The van der Waals surface area contributed by atoms with Gasteiger partial charge in [-0.15, -0.1) is 11.6 Å². The molecule has 2 bridgehead atoms. The van der Waals surface area contributed by atoms with E-state index in [9.17, 15) is 18.4 Å². The topological polar surface area (TPSA) is 123 Å². The van der Waals surface area contributed by atoms with E-state index in [1.165, 1.54) is 4.90 Å². The minimum absolute atomic E-state index is 0.129. The number of nitrogens with zero attached hydrogens (tertiary/aromatic N) is 2. The van der Waals surface area contributed by atoms with Gasteiger partial charge in [0.2, 0.25) is 0 Å². The van der Waals surface area contributed by atoms with Crippen LogP contribution >= 0.6 is 11.6 Å². The van der Waals surface area contributed by atoms with Crippen molar-refractivity contribution in [2.45, 2.75) is 37.4 Å². The number of urea groups is 1. The van der Waals surface area contributed by atoms with Crippen LogP contribution in [0.15, 0.2) is 0 Å². The summed E-state index contributed by atoms with van der Waals surface area (Å²) in [6, 6.07) is -1.58. The van der Waals surface area contributed by atoms with Crippen LogP contribution in [-0.2, 0) is 25.3 Å². The van der Waals surface area contributed by atoms with Crippen LogP contribution in [0.5, 0.6) is 0 Å². The maximum Gasteiger partial charge on any atom is 0.346 e. The van der Waals surface area contributed by atoms with E-state index in [0.29, 0.717) is 31.2 Å². The zero-order chi connectivity index (χ0) is 18.0. The summed E-state index contributed by atoms with van der Waals surface area (Å²) >= 11 is 2.98. The lowest BCUT2D eigenvalue weighted by Crippen LogP contribution is -2.50. The summed E-state index contributed by atoms with van der Waals surface area (Å²) in [7, 11) is 0. The molecular weight excluding hydrogens is 376 g/mol. The molecule has 3 amide bonds. The standard InChI is InChI=1S/C13H21ClN4O6S/c14-4-8-3-9(15-5-8)7-23-16-12(19)11-2-1-10-6-17(11)13(20)18(10)24-25(21)22/h8-11,15H,1-7H2,(H,16,19)(H,21,22)/p-1/t8-,9+,10?,11?/m0/s1. The van der Waals surface area contributed by atoms with Gasteiger partial charge in [0.05, 0.1) is 12.6 Å². The number of rotatable bonds is 7. The van der Waals surface area contributed by atoms with Crippen molar-refractivity contribution in [3.8, 4) is 0 Å². The molecule has 0 aromatic rings. The Labute approximate surface area is 152 Å². The van der Waals surface area contributed by atoms with Gasteiger partial charge in [-0.1, -0.05) is 0 Å². The van der Waals surface area contributed by atoms with E-state index in [4.69, 9.17) is 16.4 Å². The molecule has 0 aromatic heterocycles. The molecule has 3 rings (SSSR count). The highest BCUT2D eigenvalue weighted by atomic mass is 35.5. The quantitative estimate of drug-likeness (QED) is 0.330. The summed E-state index contributed by atoms with van der Waals surface area (Å²) in [5.41, 5.74) is 2.38. The van der Waals surface area contributed by atoms with E-state index < -0.39 is 29.3 Å². The van der Waals surface area contributed by atoms with Gasteiger partial charge >= 0.3 is 6.03 Å². The number of alkyl halides is 1. The Balaban J connectivity index is 1.47. The molecule has 0 saturated carbocycles. The van der Waals surface area contributed by atoms with E-state index in [2.05, 4.69) is 15.1 Å². The number of piperidine rings is 1. The first-order valence-corrected chi connectivity index (χ1v) is 9.61. The summed E-state index contributed by atoms with van der Waals surface area (Å²) in [5.74, 6) is 0.563. The Morgan fingerprint density at radius 2 is 2.28 bits per heavy atom. The number of hydroxylamine groups is 3. The average Bonchev–Trinajstić information content (AvgIpc) is 3.14. The molecule has 0 aliphatic carbocycles. The normalized spacial score (nSPS) is 33.0. The monoisotopic (exact) mass is 395 g/mol. The third kappa shape index (κ3) is 4.23. The highest BCUT2D eigenvalue weighted by molar-refractivity contribution is 7.74. The fraction of sp³-hybridized carbons (Fsp3) is 0.846. The van der Waals surface area contributed by atoms with E-state index >= 15 is 0 Å². The predicted octanol–water partition coefficient (Wildman–Crippen LogP) is -0.755. The lowest BCUT2D eigenvalue weighted by Gasteiger charge is -2.29. The zero-order valence-electron chi connectivity index (χ0n) is 13.4. The van der Waals surface area contributed by atoms with Crippen molar-refractivity contribution in [1.29, 1.82) is 0 Å². The lowest BCUT2D eigenvalue weighted by atomic mass is 10.0. The molecule has 3 aliphatic heterocycles. The fourth-order valence-electron chi connectivity index (χ4n) is 3.50. The van der Waals surface area contributed by atoms with Gasteiger partial charge in [-0.25, -0.2) is 14.5 Å². The molecule has 3 unspecified atom stereocenters. The van der Waals surface area contributed by atoms with Crippen LogP contribution in [0.1, 0.15) is 19.3 Å². The second kappa shape index (κ2) is 8.14. The van der Waals surface area contributed by atoms with Crippen LogP contribution in [0.3, 0.4) is 0 Å². The fourth-order valence-corrected chi connectivity index (χ4v) is 4.05. The lowest BCUT2D eigenvalue weighted by molar-refractivity contribution is -0.139. The number of carbonyl (C=O) groups is 2. The van der Waals surface area contributed by atoms with Crippen LogP contribution in [-0.4, -0.2) is 74.4 Å². The van der Waals surface area contributed by atoms with E-state index in [0.717, 1.165) is 18.0 Å². The Hall–Kier alpha value is -0.980. The second-order valence-corrected chi connectivity index (χ2v) is 7.29. The number of hydrogen-bond acceptors (Lipinski definition) is 7. The Kier molecular flexibility index (Phi) is 6.12. The molecule has 3 aliphatic rings. The molecule has 2 N–H and O–H groups in total. The molecule has 0 spiro atoms. The molecule has 25 heavy (non-hydrogen) atoms. The molecule has 0 aromatic carbocycles. The van der Waals surface area contributed by atoms with Gasteiger partial charge in [0.1, 0.15) is 17.4 Å². The first-order chi connectivity index (χ1) is 12.0. The predicted molar refractivity (Wildman–Crippen MR) is 85.5 cm³/mol. The SMILES string of the molecule is O=C(NOC[C@H]1C[C@@H](CCl)CN1)C1CCC2CN1C(=O)N2OS(=O)[O-]. The molecule has 142 valence electrons. The van der Waals surface area contributed by atoms with Gasteiger partial charge in [-0.2, -0.15) is 9.35 Å². The van der Waals surface area contributed by atoms with Gasteiger partial charge in [0.15, 0.2) is 0 Å². The number of hydrogen-bond donors (Lipinski definition) is 2. The number of amides is 3. The van der Waals surface area contributed by atoms with Gasteiger partial charge in [-0.3, -0.25) is 9.63 Å². The Bertz CT molecular complexity index is 555. The van der Waals surface area contributed by atoms with Crippen LogP contribution in [0.2, 0.25) is 0 Å². The summed E-state index contributed by atoms with van der Waals surface area (Å²) in [6.45, 7) is 1.39. The molecule has 3 saturated heterocycles. The van der Waals surface area contributed by atoms with E-state index in [1.54, 1.807) is 0 Å². The third-order valence-corrected chi connectivity index (χ3v) is 5.47. The molecule has 3 heterocycles. The van der Waals surface area contributed by atoms with Crippen LogP contribution in [0.25, 0.3) is 0 Å². The number of carbonyl (C=O) groups excluding carboxylic acids is 2. The molecule has 12 heteroatoms. The zero-order valence-corrected chi connectivity index (χ0v) is 15.0. The maximum absolute atomic E-state index is 12.3. The summed E-state index contributed by atoms with van der Waals surface area (Å²) in [5, 5.41) is 4.07. The van der Waals surface area contributed by atoms with Crippen LogP contribution in [0.4, 0.5) is 4.79 Å². The summed E-state index contributed by atoms with van der Waals surface area (Å²) in [6.07, 6.45) is 1.76. The van der Waals surface area contributed by atoms with Crippen molar-refractivity contribution in [2.75, 3.05) is 25.6 Å². The molecule has 0 radical (unpaired) electrons. The minimum Gasteiger partial charge on any atom is -0.748 e. The summed E-state index contributed by atoms with van der Waals surface area (Å²) < 4.78 is 25.8. The van der Waals surface area contributed by atoms with Crippen molar-refractivity contribution >= 4 is 34.9 Å². The Morgan fingerprint density at radius 3 is 2.96 bits per heavy atom. The van der Waals surface area contributed by atoms with Crippen molar-refractivity contribution in [3.05, 3.63) is 0 Å².